The lowest BCUT2D eigenvalue weighted by atomic mass is 9.99. The number of hydrogen-bond donors (Lipinski definition) is 1. The number of hydrogen-bond acceptors (Lipinski definition) is 3. The minimum Gasteiger partial charge on any atom is -0.496 e. The second-order valence-corrected chi connectivity index (χ2v) is 5.38. The molecule has 1 aromatic heterocycles. The number of para-hydroxylation sites is 1. The van der Waals surface area contributed by atoms with E-state index in [9.17, 15) is 4.79 Å². The van der Waals surface area contributed by atoms with Gasteiger partial charge in [-0.2, -0.15) is 0 Å². The Bertz CT molecular complexity index is 609. The lowest BCUT2D eigenvalue weighted by Gasteiger charge is -2.25. The van der Waals surface area contributed by atoms with E-state index < -0.39 is 5.54 Å². The molecule has 1 aromatic carbocycles. The highest BCUT2D eigenvalue weighted by Crippen LogP contribution is 2.20. The van der Waals surface area contributed by atoms with Gasteiger partial charge in [0, 0.05) is 11.8 Å². The monoisotopic (exact) mass is 284 g/mol. The molecule has 2 aromatic rings. The van der Waals surface area contributed by atoms with E-state index in [0.717, 1.165) is 17.0 Å². The van der Waals surface area contributed by atoms with E-state index >= 15 is 0 Å². The molecule has 0 radical (unpaired) electrons. The maximum atomic E-state index is 12.3. The van der Waals surface area contributed by atoms with E-state index in [1.54, 1.807) is 13.3 Å². The fourth-order valence-corrected chi connectivity index (χ4v) is 2.21. The highest BCUT2D eigenvalue weighted by Gasteiger charge is 2.24. The number of nitrogens with zero attached hydrogens (tertiary/aromatic N) is 1. The van der Waals surface area contributed by atoms with Gasteiger partial charge in [0.2, 0.25) is 5.91 Å². The molecule has 0 aliphatic carbocycles. The van der Waals surface area contributed by atoms with E-state index in [4.69, 9.17) is 4.74 Å². The molecule has 0 saturated heterocycles. The van der Waals surface area contributed by atoms with Crippen LogP contribution in [0.25, 0.3) is 0 Å². The molecule has 2 rings (SSSR count). The Hall–Kier alpha value is -2.36. The van der Waals surface area contributed by atoms with Gasteiger partial charge in [-0.1, -0.05) is 24.3 Å². The first-order valence-corrected chi connectivity index (χ1v) is 6.87. The molecule has 0 unspecified atom stereocenters. The highest BCUT2D eigenvalue weighted by atomic mass is 16.5. The van der Waals surface area contributed by atoms with E-state index in [1.807, 2.05) is 56.3 Å². The van der Waals surface area contributed by atoms with Crippen LogP contribution in [0, 0.1) is 0 Å². The molecule has 1 amide bonds. The van der Waals surface area contributed by atoms with Gasteiger partial charge in [-0.25, -0.2) is 0 Å². The summed E-state index contributed by atoms with van der Waals surface area (Å²) in [7, 11) is 1.61. The average Bonchev–Trinajstić information content (AvgIpc) is 2.48. The third-order valence-corrected chi connectivity index (χ3v) is 3.30. The molecule has 0 aliphatic rings. The number of carbonyl (C=O) groups excluding carboxylic acids is 1. The predicted octanol–water partition coefficient (Wildman–Crippen LogP) is 2.68. The number of carbonyl (C=O) groups is 1. The highest BCUT2D eigenvalue weighted by molar-refractivity contribution is 5.80. The van der Waals surface area contributed by atoms with Crippen LogP contribution in [0.15, 0.2) is 48.7 Å². The Morgan fingerprint density at radius 3 is 2.57 bits per heavy atom. The summed E-state index contributed by atoms with van der Waals surface area (Å²) < 4.78 is 5.27. The average molecular weight is 284 g/mol. The van der Waals surface area contributed by atoms with Crippen molar-refractivity contribution < 1.29 is 9.53 Å². The first-order valence-electron chi connectivity index (χ1n) is 6.87. The molecular formula is C17H20N2O2. The summed E-state index contributed by atoms with van der Waals surface area (Å²) >= 11 is 0. The maximum absolute atomic E-state index is 12.3. The number of pyridine rings is 1. The van der Waals surface area contributed by atoms with Gasteiger partial charge in [0.05, 0.1) is 24.8 Å². The molecule has 0 atom stereocenters. The van der Waals surface area contributed by atoms with Crippen molar-refractivity contribution in [2.75, 3.05) is 7.11 Å². The summed E-state index contributed by atoms with van der Waals surface area (Å²) in [4.78, 5) is 16.6. The molecule has 0 aliphatic heterocycles. The standard InChI is InChI=1S/C17H20N2O2/c1-17(2,15-10-6-7-11-18-15)19-16(20)12-13-8-4-5-9-14(13)21-3/h4-11H,12H2,1-3H3,(H,19,20). The molecule has 0 saturated carbocycles. The summed E-state index contributed by atoms with van der Waals surface area (Å²) in [6.45, 7) is 3.88. The number of ether oxygens (including phenoxy) is 1. The zero-order valence-electron chi connectivity index (χ0n) is 12.6. The van der Waals surface area contributed by atoms with Crippen LogP contribution in [-0.2, 0) is 16.8 Å². The van der Waals surface area contributed by atoms with Crippen LogP contribution in [0.4, 0.5) is 0 Å². The molecule has 4 heteroatoms. The van der Waals surface area contributed by atoms with Gasteiger partial charge in [-0.15, -0.1) is 0 Å². The summed E-state index contributed by atoms with van der Waals surface area (Å²) in [5.74, 6) is 0.665. The first kappa shape index (κ1) is 15.0. The van der Waals surface area contributed by atoms with Crippen LogP contribution in [0.1, 0.15) is 25.1 Å². The number of nitrogens with one attached hydrogen (secondary N) is 1. The van der Waals surface area contributed by atoms with Crippen molar-refractivity contribution in [2.45, 2.75) is 25.8 Å². The Labute approximate surface area is 125 Å². The van der Waals surface area contributed by atoms with Crippen LogP contribution in [-0.4, -0.2) is 18.0 Å². The number of aromatic nitrogens is 1. The van der Waals surface area contributed by atoms with Crippen LogP contribution >= 0.6 is 0 Å². The van der Waals surface area contributed by atoms with E-state index in [1.165, 1.54) is 0 Å². The van der Waals surface area contributed by atoms with Gasteiger partial charge < -0.3 is 10.1 Å². The number of rotatable bonds is 5. The second kappa shape index (κ2) is 6.39. The van der Waals surface area contributed by atoms with E-state index in [-0.39, 0.29) is 12.3 Å². The zero-order chi connectivity index (χ0) is 15.3. The van der Waals surface area contributed by atoms with Crippen LogP contribution < -0.4 is 10.1 Å². The van der Waals surface area contributed by atoms with Gasteiger partial charge >= 0.3 is 0 Å². The normalized spacial score (nSPS) is 11.0. The van der Waals surface area contributed by atoms with Gasteiger partial charge in [-0.3, -0.25) is 9.78 Å². The number of methoxy groups -OCH3 is 1. The topological polar surface area (TPSA) is 51.2 Å². The van der Waals surface area contributed by atoms with Crippen molar-refractivity contribution in [3.63, 3.8) is 0 Å². The molecule has 21 heavy (non-hydrogen) atoms. The first-order chi connectivity index (χ1) is 10.0. The van der Waals surface area contributed by atoms with Gasteiger partial charge in [0.25, 0.3) is 0 Å². The molecule has 0 fully saturated rings. The van der Waals surface area contributed by atoms with Gasteiger partial charge in [0.15, 0.2) is 0 Å². The minimum atomic E-state index is -0.514. The second-order valence-electron chi connectivity index (χ2n) is 5.38. The molecule has 1 heterocycles. The van der Waals surface area contributed by atoms with Gasteiger partial charge in [0.1, 0.15) is 5.75 Å². The van der Waals surface area contributed by atoms with Crippen molar-refractivity contribution in [3.05, 3.63) is 59.9 Å². The van der Waals surface area contributed by atoms with E-state index in [2.05, 4.69) is 10.3 Å². The lowest BCUT2D eigenvalue weighted by molar-refractivity contribution is -0.122. The Balaban J connectivity index is 2.08. The Morgan fingerprint density at radius 1 is 1.19 bits per heavy atom. The van der Waals surface area contributed by atoms with Crippen LogP contribution in [0.3, 0.4) is 0 Å². The SMILES string of the molecule is COc1ccccc1CC(=O)NC(C)(C)c1ccccn1. The molecule has 110 valence electrons. The Morgan fingerprint density at radius 2 is 1.90 bits per heavy atom. The summed E-state index contributed by atoms with van der Waals surface area (Å²) in [5, 5.41) is 3.02. The fraction of sp³-hybridized carbons (Fsp3) is 0.294. The quantitative estimate of drug-likeness (QED) is 0.918. The van der Waals surface area contributed by atoms with E-state index in [0.29, 0.717) is 0 Å². The smallest absolute Gasteiger partial charge is 0.225 e. The van der Waals surface area contributed by atoms with Crippen molar-refractivity contribution >= 4 is 5.91 Å². The zero-order valence-corrected chi connectivity index (χ0v) is 12.6. The van der Waals surface area contributed by atoms with Crippen molar-refractivity contribution in [1.29, 1.82) is 0 Å². The third kappa shape index (κ3) is 3.81. The lowest BCUT2D eigenvalue weighted by Crippen LogP contribution is -2.42. The van der Waals surface area contributed by atoms with Crippen molar-refractivity contribution in [1.82, 2.24) is 10.3 Å². The molecule has 4 nitrogen and oxygen atoms in total. The maximum Gasteiger partial charge on any atom is 0.225 e. The number of benzene rings is 1. The van der Waals surface area contributed by atoms with Crippen molar-refractivity contribution in [2.24, 2.45) is 0 Å². The van der Waals surface area contributed by atoms with Gasteiger partial charge in [-0.05, 0) is 32.0 Å². The number of amides is 1. The third-order valence-electron chi connectivity index (χ3n) is 3.30. The molecule has 0 bridgehead atoms. The summed E-state index contributed by atoms with van der Waals surface area (Å²) in [5.41, 5.74) is 1.19. The van der Waals surface area contributed by atoms with Crippen molar-refractivity contribution in [3.8, 4) is 5.75 Å². The molecular weight excluding hydrogens is 264 g/mol. The largest absolute Gasteiger partial charge is 0.496 e. The fourth-order valence-electron chi connectivity index (χ4n) is 2.21. The Kier molecular flexibility index (Phi) is 4.58. The van der Waals surface area contributed by atoms with Crippen LogP contribution in [0.2, 0.25) is 0 Å². The predicted molar refractivity (Wildman–Crippen MR) is 82.1 cm³/mol. The summed E-state index contributed by atoms with van der Waals surface area (Å²) in [6, 6.07) is 13.2. The molecule has 0 spiro atoms. The molecule has 1 N–H and O–H groups in total. The minimum absolute atomic E-state index is 0.0600. The van der Waals surface area contributed by atoms with Crippen LogP contribution in [0.5, 0.6) is 5.75 Å². The summed E-state index contributed by atoms with van der Waals surface area (Å²) in [6.07, 6.45) is 2.00.